The molecule has 0 amide bonds. The molecule has 1 spiro atoms. The number of Topliss-reactive ketones (excluding diaryl/α,β-unsaturated/α-hetero) is 1. The van der Waals surface area contributed by atoms with E-state index in [9.17, 15) is 9.59 Å². The number of nitrogens with zero attached hydrogens (tertiary/aromatic N) is 1. The van der Waals surface area contributed by atoms with E-state index in [2.05, 4.69) is 22.4 Å². The average molecular weight is 336 g/mol. The molecule has 6 bridgehead atoms. The number of fused-ring (bicyclic) bond motifs is 2. The Morgan fingerprint density at radius 1 is 1.36 bits per heavy atom. The molecule has 6 aliphatic rings. The summed E-state index contributed by atoms with van der Waals surface area (Å²) in [5.41, 5.74) is 0.857. The third kappa shape index (κ3) is 1.14. The number of nitrogens with one attached hydrogen (secondary N) is 1. The molecule has 5 heteroatoms. The Balaban J connectivity index is 1.76. The summed E-state index contributed by atoms with van der Waals surface area (Å²) in [5.74, 6) is 0.0339. The SMILES string of the molecule is C/C=C1/CN2CC[C@@]34c5ccccc5N[C@]35OC[C@@]4(C=O)[C@H]1[C@H]2C5=O. The van der Waals surface area contributed by atoms with E-state index in [1.807, 2.05) is 25.1 Å². The summed E-state index contributed by atoms with van der Waals surface area (Å²) < 4.78 is 6.28. The summed E-state index contributed by atoms with van der Waals surface area (Å²) in [6, 6.07) is 7.80. The maximum atomic E-state index is 13.7. The predicted octanol–water partition coefficient (Wildman–Crippen LogP) is 1.49. The monoisotopic (exact) mass is 336 g/mol. The molecule has 1 unspecified atom stereocenters. The Morgan fingerprint density at radius 3 is 3.00 bits per heavy atom. The highest BCUT2D eigenvalue weighted by Gasteiger charge is 2.85. The Labute approximate surface area is 146 Å². The van der Waals surface area contributed by atoms with Crippen LogP contribution in [0.15, 0.2) is 35.9 Å². The lowest BCUT2D eigenvalue weighted by Crippen LogP contribution is -2.70. The number of ether oxygens (including phenoxy) is 1. The van der Waals surface area contributed by atoms with Crippen molar-refractivity contribution in [3.05, 3.63) is 41.5 Å². The molecule has 1 aliphatic carbocycles. The van der Waals surface area contributed by atoms with E-state index in [-0.39, 0.29) is 17.7 Å². The minimum absolute atomic E-state index is 0.0754. The summed E-state index contributed by atoms with van der Waals surface area (Å²) in [4.78, 5) is 28.7. The zero-order valence-electron chi connectivity index (χ0n) is 14.1. The van der Waals surface area contributed by atoms with Crippen molar-refractivity contribution in [2.24, 2.45) is 11.3 Å². The molecule has 5 aliphatic heterocycles. The van der Waals surface area contributed by atoms with Crippen LogP contribution in [0.25, 0.3) is 0 Å². The van der Waals surface area contributed by atoms with E-state index in [1.54, 1.807) is 0 Å². The molecular formula is C20H20N2O3. The Bertz CT molecular complexity index is 879. The molecular weight excluding hydrogens is 316 g/mol. The van der Waals surface area contributed by atoms with Crippen molar-refractivity contribution in [3.8, 4) is 0 Å². The van der Waals surface area contributed by atoms with E-state index in [1.165, 1.54) is 5.57 Å². The standard InChI is InChI=1S/C20H20N2O3/c1-2-12-9-22-8-7-19-13-5-3-4-6-14(13)21-20(19)17(24)16(22)15(12)18(19,10-23)11-25-20/h2-6,10,15-16,21H,7-9,11H2,1H3/b12-2-/t15-,16+,18+,19+,20-/m1/s1. The average Bonchev–Trinajstić information content (AvgIpc) is 3.16. The minimum atomic E-state index is -1.09. The lowest BCUT2D eigenvalue weighted by molar-refractivity contribution is -0.148. The van der Waals surface area contributed by atoms with E-state index in [0.29, 0.717) is 6.61 Å². The number of rotatable bonds is 1. The first kappa shape index (κ1) is 14.2. The fourth-order valence-electron chi connectivity index (χ4n) is 6.77. The second-order valence-corrected chi connectivity index (χ2v) is 8.07. The van der Waals surface area contributed by atoms with Gasteiger partial charge in [-0.2, -0.15) is 0 Å². The molecule has 5 heterocycles. The maximum Gasteiger partial charge on any atom is 0.211 e. The van der Waals surface area contributed by atoms with Gasteiger partial charge in [-0.3, -0.25) is 9.69 Å². The van der Waals surface area contributed by atoms with Gasteiger partial charge in [0.25, 0.3) is 0 Å². The fourth-order valence-corrected chi connectivity index (χ4v) is 6.77. The van der Waals surface area contributed by atoms with Crippen molar-refractivity contribution in [2.45, 2.75) is 30.5 Å². The molecule has 1 N–H and O–H groups in total. The first-order chi connectivity index (χ1) is 12.1. The van der Waals surface area contributed by atoms with Gasteiger partial charge in [-0.05, 0) is 25.0 Å². The number of hydrogen-bond acceptors (Lipinski definition) is 5. The summed E-state index contributed by atoms with van der Waals surface area (Å²) in [5, 5.41) is 3.44. The van der Waals surface area contributed by atoms with Crippen LogP contribution in [0.2, 0.25) is 0 Å². The van der Waals surface area contributed by atoms with Gasteiger partial charge in [0.2, 0.25) is 11.5 Å². The number of para-hydroxylation sites is 1. The normalized spacial score (nSPS) is 49.7. The van der Waals surface area contributed by atoms with E-state index in [4.69, 9.17) is 4.74 Å². The van der Waals surface area contributed by atoms with Gasteiger partial charge in [0.05, 0.1) is 23.5 Å². The first-order valence-electron chi connectivity index (χ1n) is 9.07. The molecule has 0 aromatic heterocycles. The molecule has 5 fully saturated rings. The molecule has 128 valence electrons. The molecule has 1 aromatic rings. The summed E-state index contributed by atoms with van der Waals surface area (Å²) >= 11 is 0. The van der Waals surface area contributed by atoms with Crippen molar-refractivity contribution >= 4 is 17.8 Å². The highest BCUT2D eigenvalue weighted by molar-refractivity contribution is 6.04. The highest BCUT2D eigenvalue weighted by Crippen LogP contribution is 2.72. The second-order valence-electron chi connectivity index (χ2n) is 8.07. The Morgan fingerprint density at radius 2 is 2.20 bits per heavy atom. The van der Waals surface area contributed by atoms with Gasteiger partial charge in [-0.15, -0.1) is 0 Å². The molecule has 7 rings (SSSR count). The molecule has 0 radical (unpaired) electrons. The van der Waals surface area contributed by atoms with Crippen LogP contribution < -0.4 is 5.32 Å². The van der Waals surface area contributed by atoms with Crippen molar-refractivity contribution in [1.82, 2.24) is 4.90 Å². The van der Waals surface area contributed by atoms with Crippen LogP contribution in [0, 0.1) is 11.3 Å². The quantitative estimate of drug-likeness (QED) is 0.622. The number of anilines is 1. The zero-order valence-corrected chi connectivity index (χ0v) is 14.1. The second kappa shape index (κ2) is 4.05. The van der Waals surface area contributed by atoms with E-state index >= 15 is 0 Å². The molecule has 6 atom stereocenters. The lowest BCUT2D eigenvalue weighted by atomic mass is 9.47. The zero-order chi connectivity index (χ0) is 17.0. The van der Waals surface area contributed by atoms with Crippen LogP contribution in [0.4, 0.5) is 5.69 Å². The van der Waals surface area contributed by atoms with E-state index in [0.717, 1.165) is 37.0 Å². The smallest absolute Gasteiger partial charge is 0.211 e. The van der Waals surface area contributed by atoms with E-state index < -0.39 is 16.6 Å². The van der Waals surface area contributed by atoms with Crippen LogP contribution >= 0.6 is 0 Å². The van der Waals surface area contributed by atoms with Crippen LogP contribution in [0.5, 0.6) is 0 Å². The van der Waals surface area contributed by atoms with Crippen LogP contribution in [0.1, 0.15) is 18.9 Å². The highest BCUT2D eigenvalue weighted by atomic mass is 16.5. The van der Waals surface area contributed by atoms with Gasteiger partial charge in [0.1, 0.15) is 6.29 Å². The topological polar surface area (TPSA) is 58.6 Å². The van der Waals surface area contributed by atoms with Gasteiger partial charge in [0, 0.05) is 24.7 Å². The Hall–Kier alpha value is -1.98. The summed E-state index contributed by atoms with van der Waals surface area (Å²) in [6.45, 7) is 3.95. The number of carbonyl (C=O) groups excluding carboxylic acids is 2. The molecule has 4 saturated heterocycles. The number of carbonyl (C=O) groups is 2. The third-order valence-corrected chi connectivity index (χ3v) is 7.64. The van der Waals surface area contributed by atoms with Gasteiger partial charge in [-0.1, -0.05) is 29.8 Å². The maximum absolute atomic E-state index is 13.7. The van der Waals surface area contributed by atoms with Gasteiger partial charge < -0.3 is 14.8 Å². The van der Waals surface area contributed by atoms with Gasteiger partial charge >= 0.3 is 0 Å². The van der Waals surface area contributed by atoms with Crippen molar-refractivity contribution in [1.29, 1.82) is 0 Å². The van der Waals surface area contributed by atoms with Crippen LogP contribution in [-0.4, -0.2) is 48.4 Å². The summed E-state index contributed by atoms with van der Waals surface area (Å²) in [6.07, 6.45) is 4.00. The number of benzene rings is 1. The minimum Gasteiger partial charge on any atom is -0.350 e. The molecule has 1 aromatic carbocycles. The summed E-state index contributed by atoms with van der Waals surface area (Å²) in [7, 11) is 0. The van der Waals surface area contributed by atoms with Crippen LogP contribution in [-0.2, 0) is 19.7 Å². The molecule has 5 nitrogen and oxygen atoms in total. The number of ketones is 1. The van der Waals surface area contributed by atoms with Crippen molar-refractivity contribution in [3.63, 3.8) is 0 Å². The number of allylic oxidation sites excluding steroid dienone is 1. The number of aldehydes is 1. The third-order valence-electron chi connectivity index (χ3n) is 7.64. The predicted molar refractivity (Wildman–Crippen MR) is 91.2 cm³/mol. The largest absolute Gasteiger partial charge is 0.350 e. The first-order valence-corrected chi connectivity index (χ1v) is 9.07. The Kier molecular flexibility index (Phi) is 2.30. The van der Waals surface area contributed by atoms with Crippen molar-refractivity contribution < 1.29 is 14.3 Å². The van der Waals surface area contributed by atoms with Crippen molar-refractivity contribution in [2.75, 3.05) is 25.0 Å². The van der Waals surface area contributed by atoms with Crippen LogP contribution in [0.3, 0.4) is 0 Å². The van der Waals surface area contributed by atoms with Gasteiger partial charge in [-0.25, -0.2) is 0 Å². The lowest BCUT2D eigenvalue weighted by Gasteiger charge is -2.51. The van der Waals surface area contributed by atoms with Gasteiger partial charge in [0.15, 0.2) is 0 Å². The molecule has 1 saturated carbocycles. The molecule has 25 heavy (non-hydrogen) atoms. The number of hydrogen-bond donors (Lipinski definition) is 1. The fraction of sp³-hybridized carbons (Fsp3) is 0.500.